The lowest BCUT2D eigenvalue weighted by atomic mass is 9.76. The standard InChI is InChI=1S/C20H31NO.C10H8F6O2/c1-15-9-6-7-12-18(15)17-11-8-10-16(13-17)14-21(5)19(22)20(2,3)4;11-9(12,13)6-1-5(8(18)4-17)2-7(3-6)10(14,15)16/h6-7,9,12,16-17H,8,10-11,13-14H2,1-5H3;1-3,8,17-18H,4H2. The van der Waals surface area contributed by atoms with Crippen LogP contribution < -0.4 is 0 Å². The van der Waals surface area contributed by atoms with Crippen LogP contribution in [-0.4, -0.2) is 41.2 Å². The lowest BCUT2D eigenvalue weighted by Crippen LogP contribution is -2.40. The molecular formula is C30H39F6NO3. The highest BCUT2D eigenvalue weighted by atomic mass is 19.4. The van der Waals surface area contributed by atoms with Crippen LogP contribution >= 0.6 is 0 Å². The van der Waals surface area contributed by atoms with Crippen molar-refractivity contribution in [1.29, 1.82) is 0 Å². The SMILES string of the molecule is Cc1ccccc1C1CCCC(CN(C)C(=O)C(C)(C)C)C1.OCC(O)c1cc(C(F)(F)F)cc(C(F)(F)F)c1. The second kappa shape index (κ2) is 13.4. The van der Waals surface area contributed by atoms with Gasteiger partial charge in [-0.05, 0) is 72.9 Å². The number of benzene rings is 2. The third-order valence-electron chi connectivity index (χ3n) is 7.10. The second-order valence-corrected chi connectivity index (χ2v) is 11.6. The van der Waals surface area contributed by atoms with Crippen molar-refractivity contribution in [3.63, 3.8) is 0 Å². The molecule has 1 aliphatic carbocycles. The Morgan fingerprint density at radius 1 is 0.975 bits per heavy atom. The fraction of sp³-hybridized carbons (Fsp3) is 0.567. The number of aliphatic hydroxyl groups excluding tert-OH is 2. The van der Waals surface area contributed by atoms with Crippen LogP contribution in [0.4, 0.5) is 26.3 Å². The van der Waals surface area contributed by atoms with Gasteiger partial charge in [0.25, 0.3) is 0 Å². The van der Waals surface area contributed by atoms with Crippen LogP contribution in [-0.2, 0) is 17.1 Å². The molecule has 3 rings (SSSR count). The molecule has 10 heteroatoms. The highest BCUT2D eigenvalue weighted by Gasteiger charge is 2.37. The number of aliphatic hydroxyl groups is 2. The minimum absolute atomic E-state index is 0.0480. The molecule has 4 nitrogen and oxygen atoms in total. The molecule has 0 bridgehead atoms. The minimum atomic E-state index is -4.97. The Hall–Kier alpha value is -2.59. The lowest BCUT2D eigenvalue weighted by Gasteiger charge is -2.34. The Morgan fingerprint density at radius 3 is 2.00 bits per heavy atom. The van der Waals surface area contributed by atoms with Gasteiger partial charge in [0, 0.05) is 19.0 Å². The summed E-state index contributed by atoms with van der Waals surface area (Å²) in [6.07, 6.45) is -6.69. The van der Waals surface area contributed by atoms with E-state index >= 15 is 0 Å². The third-order valence-corrected chi connectivity index (χ3v) is 7.10. The lowest BCUT2D eigenvalue weighted by molar-refractivity contribution is -0.143. The Morgan fingerprint density at radius 2 is 1.52 bits per heavy atom. The monoisotopic (exact) mass is 575 g/mol. The molecule has 3 atom stereocenters. The highest BCUT2D eigenvalue weighted by Crippen LogP contribution is 2.39. The van der Waals surface area contributed by atoms with E-state index in [0.29, 0.717) is 24.0 Å². The number of nitrogens with zero attached hydrogens (tertiary/aromatic N) is 1. The van der Waals surface area contributed by atoms with Crippen molar-refractivity contribution in [2.45, 2.75) is 77.8 Å². The van der Waals surface area contributed by atoms with E-state index in [1.807, 2.05) is 32.7 Å². The summed E-state index contributed by atoms with van der Waals surface area (Å²) in [4.78, 5) is 14.3. The summed E-state index contributed by atoms with van der Waals surface area (Å²) in [5.41, 5.74) is -1.05. The fourth-order valence-electron chi connectivity index (χ4n) is 5.10. The number of hydrogen-bond acceptors (Lipinski definition) is 3. The van der Waals surface area contributed by atoms with Crippen LogP contribution in [0.25, 0.3) is 0 Å². The molecule has 0 heterocycles. The van der Waals surface area contributed by atoms with E-state index in [1.54, 1.807) is 0 Å². The first-order valence-electron chi connectivity index (χ1n) is 13.2. The number of amides is 1. The average molecular weight is 576 g/mol. The average Bonchev–Trinajstić information content (AvgIpc) is 2.86. The van der Waals surface area contributed by atoms with Crippen molar-refractivity contribution in [3.05, 3.63) is 70.3 Å². The van der Waals surface area contributed by atoms with Gasteiger partial charge in [-0.1, -0.05) is 51.5 Å². The van der Waals surface area contributed by atoms with Crippen molar-refractivity contribution in [1.82, 2.24) is 4.90 Å². The quantitative estimate of drug-likeness (QED) is 0.363. The van der Waals surface area contributed by atoms with Crippen molar-refractivity contribution < 1.29 is 41.4 Å². The van der Waals surface area contributed by atoms with Gasteiger partial charge in [0.05, 0.1) is 17.7 Å². The normalized spacial score (nSPS) is 18.9. The van der Waals surface area contributed by atoms with Crippen molar-refractivity contribution >= 4 is 5.91 Å². The molecule has 2 aromatic rings. The van der Waals surface area contributed by atoms with Crippen LogP contribution in [0.3, 0.4) is 0 Å². The number of aryl methyl sites for hydroxylation is 1. The zero-order chi connectivity index (χ0) is 30.5. The minimum Gasteiger partial charge on any atom is -0.393 e. The molecule has 2 N–H and O–H groups in total. The summed E-state index contributed by atoms with van der Waals surface area (Å²) in [6, 6.07) is 9.47. The first kappa shape index (κ1) is 33.6. The largest absolute Gasteiger partial charge is 0.416 e. The highest BCUT2D eigenvalue weighted by molar-refractivity contribution is 5.81. The van der Waals surface area contributed by atoms with E-state index in [1.165, 1.54) is 36.8 Å². The molecule has 1 saturated carbocycles. The van der Waals surface area contributed by atoms with Gasteiger partial charge in [-0.3, -0.25) is 4.79 Å². The van der Waals surface area contributed by atoms with Gasteiger partial charge in [0.2, 0.25) is 5.91 Å². The topological polar surface area (TPSA) is 60.8 Å². The van der Waals surface area contributed by atoms with Gasteiger partial charge in [0.15, 0.2) is 0 Å². The van der Waals surface area contributed by atoms with Crippen LogP contribution in [0.15, 0.2) is 42.5 Å². The number of halogens is 6. The molecule has 2 aromatic carbocycles. The predicted octanol–water partition coefficient (Wildman–Crippen LogP) is 7.52. The van der Waals surface area contributed by atoms with E-state index in [-0.39, 0.29) is 17.4 Å². The van der Waals surface area contributed by atoms with Gasteiger partial charge < -0.3 is 15.1 Å². The Bertz CT molecular complexity index is 1090. The Labute approximate surface area is 232 Å². The molecule has 1 fully saturated rings. The first-order valence-corrected chi connectivity index (χ1v) is 13.2. The van der Waals surface area contributed by atoms with Gasteiger partial charge in [-0.25, -0.2) is 0 Å². The predicted molar refractivity (Wildman–Crippen MR) is 141 cm³/mol. The second-order valence-electron chi connectivity index (χ2n) is 11.6. The maximum Gasteiger partial charge on any atom is 0.416 e. The summed E-state index contributed by atoms with van der Waals surface area (Å²) in [5.74, 6) is 1.55. The van der Waals surface area contributed by atoms with E-state index in [0.717, 1.165) is 6.54 Å². The molecule has 0 aromatic heterocycles. The van der Waals surface area contributed by atoms with Gasteiger partial charge in [-0.15, -0.1) is 0 Å². The summed E-state index contributed by atoms with van der Waals surface area (Å²) < 4.78 is 74.4. The zero-order valence-corrected chi connectivity index (χ0v) is 23.5. The smallest absolute Gasteiger partial charge is 0.393 e. The maximum absolute atomic E-state index is 12.4. The number of alkyl halides is 6. The van der Waals surface area contributed by atoms with E-state index in [4.69, 9.17) is 10.2 Å². The summed E-state index contributed by atoms with van der Waals surface area (Å²) in [5, 5.41) is 17.7. The maximum atomic E-state index is 12.4. The molecule has 1 aliphatic rings. The van der Waals surface area contributed by atoms with E-state index < -0.39 is 41.8 Å². The van der Waals surface area contributed by atoms with Crippen molar-refractivity contribution in [2.24, 2.45) is 11.3 Å². The molecule has 1 amide bonds. The van der Waals surface area contributed by atoms with Crippen molar-refractivity contribution in [2.75, 3.05) is 20.2 Å². The Balaban J connectivity index is 0.000000286. The number of rotatable bonds is 5. The van der Waals surface area contributed by atoms with Crippen LogP contribution in [0.5, 0.6) is 0 Å². The van der Waals surface area contributed by atoms with Gasteiger partial charge >= 0.3 is 12.4 Å². The zero-order valence-electron chi connectivity index (χ0n) is 23.5. The summed E-state index contributed by atoms with van der Waals surface area (Å²) >= 11 is 0. The van der Waals surface area contributed by atoms with Crippen LogP contribution in [0.2, 0.25) is 0 Å². The summed E-state index contributed by atoms with van der Waals surface area (Å²) in [7, 11) is 1.96. The number of carbonyl (C=O) groups excluding carboxylic acids is 1. The Kier molecular flexibility index (Phi) is 11.2. The molecular weight excluding hydrogens is 536 g/mol. The van der Waals surface area contributed by atoms with Gasteiger partial charge in [0.1, 0.15) is 6.10 Å². The molecule has 0 aliphatic heterocycles. The molecule has 0 radical (unpaired) electrons. The third kappa shape index (κ3) is 9.51. The van der Waals surface area contributed by atoms with Crippen LogP contribution in [0.1, 0.15) is 86.3 Å². The number of hydrogen-bond donors (Lipinski definition) is 2. The molecule has 3 unspecified atom stereocenters. The summed E-state index contributed by atoms with van der Waals surface area (Å²) in [6.45, 7) is 8.15. The number of carbonyl (C=O) groups is 1. The van der Waals surface area contributed by atoms with Crippen molar-refractivity contribution in [3.8, 4) is 0 Å². The fourth-order valence-corrected chi connectivity index (χ4v) is 5.10. The molecule has 0 saturated heterocycles. The van der Waals surface area contributed by atoms with E-state index in [2.05, 4.69) is 31.2 Å². The molecule has 224 valence electrons. The van der Waals surface area contributed by atoms with Crippen LogP contribution in [0, 0.1) is 18.3 Å². The van der Waals surface area contributed by atoms with E-state index in [9.17, 15) is 31.1 Å². The first-order chi connectivity index (χ1) is 18.3. The molecule has 40 heavy (non-hydrogen) atoms. The molecule has 0 spiro atoms. The van der Waals surface area contributed by atoms with Gasteiger partial charge in [-0.2, -0.15) is 26.3 Å².